The van der Waals surface area contributed by atoms with Crippen LogP contribution in [0.2, 0.25) is 0 Å². The number of H-pyrrole nitrogens is 1. The Morgan fingerprint density at radius 1 is 0.714 bits per heavy atom. The van der Waals surface area contributed by atoms with Crippen molar-refractivity contribution in [3.8, 4) is 11.3 Å². The third-order valence-electron chi connectivity index (χ3n) is 7.61. The lowest BCUT2D eigenvalue weighted by Gasteiger charge is -2.37. The van der Waals surface area contributed by atoms with Crippen LogP contribution in [0.4, 0.5) is 0 Å². The van der Waals surface area contributed by atoms with Gasteiger partial charge in [-0.1, -0.05) is 126 Å². The van der Waals surface area contributed by atoms with Gasteiger partial charge in [-0.25, -0.2) is 9.67 Å². The number of hydrogen-bond donors (Lipinski definition) is 1. The van der Waals surface area contributed by atoms with Crippen molar-refractivity contribution in [1.29, 1.82) is 0 Å². The van der Waals surface area contributed by atoms with Gasteiger partial charge in [-0.05, 0) is 47.9 Å². The van der Waals surface area contributed by atoms with Crippen LogP contribution in [0, 0.1) is 6.92 Å². The molecule has 0 atom stereocenters. The summed E-state index contributed by atoms with van der Waals surface area (Å²) in [5, 5.41) is 6.36. The van der Waals surface area contributed by atoms with Gasteiger partial charge in [0.25, 0.3) is 0 Å². The van der Waals surface area contributed by atoms with Crippen LogP contribution in [0.25, 0.3) is 33.2 Å². The molecule has 0 radical (unpaired) electrons. The smallest absolute Gasteiger partial charge is 0.248 e. The van der Waals surface area contributed by atoms with Crippen molar-refractivity contribution in [2.75, 3.05) is 0 Å². The lowest BCUT2D eigenvalue weighted by Crippen LogP contribution is -2.38. The molecular weight excluding hydrogens is 585 g/mol. The number of fused-ring (bicyclic) bond motifs is 2. The molecular formula is C34H24Cl3N5. The van der Waals surface area contributed by atoms with Crippen molar-refractivity contribution in [3.05, 3.63) is 150 Å². The maximum absolute atomic E-state index is 6.24. The van der Waals surface area contributed by atoms with Crippen LogP contribution in [-0.2, 0) is 9.33 Å². The van der Waals surface area contributed by atoms with Gasteiger partial charge >= 0.3 is 0 Å². The average Bonchev–Trinajstić information content (AvgIpc) is 3.60. The molecule has 1 N–H and O–H groups in total. The minimum absolute atomic E-state index is 0.261. The monoisotopic (exact) mass is 607 g/mol. The second-order valence-corrected chi connectivity index (χ2v) is 12.5. The molecule has 0 aliphatic heterocycles. The number of aryl methyl sites for hydroxylation is 1. The van der Waals surface area contributed by atoms with Crippen LogP contribution in [0.15, 0.2) is 121 Å². The molecule has 0 aliphatic carbocycles. The molecule has 0 unspecified atom stereocenters. The third-order valence-corrected chi connectivity index (χ3v) is 8.15. The normalized spacial score (nSPS) is 12.3. The van der Waals surface area contributed by atoms with E-state index in [-0.39, 0.29) is 5.82 Å². The number of nitrogens with one attached hydrogen (secondary N) is 1. The Balaban J connectivity index is 1.67. The summed E-state index contributed by atoms with van der Waals surface area (Å²) in [6, 6.07) is 39.5. The molecule has 7 rings (SSSR count). The lowest BCUT2D eigenvalue weighted by molar-refractivity contribution is 0.477. The van der Waals surface area contributed by atoms with E-state index < -0.39 is 9.33 Å². The first-order valence-electron chi connectivity index (χ1n) is 13.5. The van der Waals surface area contributed by atoms with E-state index in [0.717, 1.165) is 50.1 Å². The summed E-state index contributed by atoms with van der Waals surface area (Å²) in [6.07, 6.45) is 1.81. The quantitative estimate of drug-likeness (QED) is 0.157. The minimum atomic E-state index is -1.69. The van der Waals surface area contributed by atoms with Gasteiger partial charge < -0.3 is 4.98 Å². The van der Waals surface area contributed by atoms with Crippen molar-refractivity contribution >= 4 is 56.7 Å². The molecule has 206 valence electrons. The second kappa shape index (κ2) is 10.3. The molecule has 5 nitrogen and oxygen atoms in total. The second-order valence-electron chi connectivity index (χ2n) is 10.2. The fourth-order valence-electron chi connectivity index (χ4n) is 5.82. The first-order valence-corrected chi connectivity index (χ1v) is 14.6. The van der Waals surface area contributed by atoms with E-state index in [2.05, 4.69) is 92.4 Å². The van der Waals surface area contributed by atoms with Crippen molar-refractivity contribution in [1.82, 2.24) is 24.7 Å². The number of benzene rings is 4. The summed E-state index contributed by atoms with van der Waals surface area (Å²) in [7, 11) is 0. The first-order chi connectivity index (χ1) is 20.4. The zero-order valence-corrected chi connectivity index (χ0v) is 24.7. The Morgan fingerprint density at radius 2 is 1.29 bits per heavy atom. The van der Waals surface area contributed by atoms with Crippen molar-refractivity contribution in [2.24, 2.45) is 0 Å². The van der Waals surface area contributed by atoms with Gasteiger partial charge in [0.05, 0.1) is 16.6 Å². The van der Waals surface area contributed by atoms with Gasteiger partial charge in [0.2, 0.25) is 3.79 Å². The van der Waals surface area contributed by atoms with Crippen molar-refractivity contribution in [3.63, 3.8) is 0 Å². The molecule has 4 aromatic carbocycles. The number of halogens is 3. The van der Waals surface area contributed by atoms with Crippen LogP contribution in [0.1, 0.15) is 28.2 Å². The van der Waals surface area contributed by atoms with E-state index in [1.807, 2.05) is 55.6 Å². The molecule has 0 bridgehead atoms. The van der Waals surface area contributed by atoms with Crippen LogP contribution in [0.3, 0.4) is 0 Å². The van der Waals surface area contributed by atoms with Gasteiger partial charge in [-0.2, -0.15) is 5.10 Å². The summed E-state index contributed by atoms with van der Waals surface area (Å²) >= 11 is 18.7. The van der Waals surface area contributed by atoms with E-state index in [9.17, 15) is 0 Å². The topological polar surface area (TPSA) is 59.4 Å². The zero-order chi connectivity index (χ0) is 28.9. The van der Waals surface area contributed by atoms with Crippen LogP contribution in [-0.4, -0.2) is 24.7 Å². The van der Waals surface area contributed by atoms with E-state index >= 15 is 0 Å². The van der Waals surface area contributed by atoms with Crippen molar-refractivity contribution in [2.45, 2.75) is 16.3 Å². The van der Waals surface area contributed by atoms with Gasteiger partial charge in [-0.15, -0.1) is 0 Å². The van der Waals surface area contributed by atoms with Gasteiger partial charge in [-0.3, -0.25) is 4.98 Å². The fourth-order valence-corrected chi connectivity index (χ4v) is 6.09. The molecule has 0 spiro atoms. The maximum atomic E-state index is 6.24. The Labute approximate surface area is 257 Å². The van der Waals surface area contributed by atoms with E-state index in [4.69, 9.17) is 39.9 Å². The van der Waals surface area contributed by atoms with Crippen LogP contribution >= 0.6 is 34.8 Å². The van der Waals surface area contributed by atoms with Gasteiger partial charge in [0, 0.05) is 22.8 Å². The molecule has 3 aromatic heterocycles. The predicted molar refractivity (Wildman–Crippen MR) is 171 cm³/mol. The molecule has 7 aromatic rings. The number of rotatable bonds is 5. The summed E-state index contributed by atoms with van der Waals surface area (Å²) in [5.74, 6) is 0.261. The van der Waals surface area contributed by atoms with Crippen molar-refractivity contribution < 1.29 is 0 Å². The Hall–Kier alpha value is -4.16. The molecule has 0 saturated heterocycles. The predicted octanol–water partition coefficient (Wildman–Crippen LogP) is 8.95. The molecule has 8 heteroatoms. The molecule has 0 amide bonds. The summed E-state index contributed by atoms with van der Waals surface area (Å²) in [6.45, 7) is 1.98. The highest BCUT2D eigenvalue weighted by Gasteiger charge is 2.41. The Bertz CT molecular complexity index is 1930. The molecule has 0 saturated carbocycles. The van der Waals surface area contributed by atoms with E-state index in [1.54, 1.807) is 0 Å². The SMILES string of the molecule is Cc1cc(-c2nn(C(c3ccccc3)(c3ccccc3)c3ccccc3)c3cc4[nH]c(C(Cl)(Cl)Cl)nc4cc23)ccn1. The first kappa shape index (κ1) is 26.7. The number of aromatic nitrogens is 5. The number of imidazole rings is 1. The maximum Gasteiger partial charge on any atom is 0.248 e. The highest BCUT2D eigenvalue weighted by molar-refractivity contribution is 6.66. The summed E-state index contributed by atoms with van der Waals surface area (Å²) in [5.41, 5.74) is 7.34. The number of nitrogens with zero attached hydrogens (tertiary/aromatic N) is 4. The average molecular weight is 609 g/mol. The Morgan fingerprint density at radius 3 is 1.81 bits per heavy atom. The van der Waals surface area contributed by atoms with Crippen LogP contribution < -0.4 is 0 Å². The summed E-state index contributed by atoms with van der Waals surface area (Å²) in [4.78, 5) is 12.3. The lowest BCUT2D eigenvalue weighted by atomic mass is 9.77. The van der Waals surface area contributed by atoms with Gasteiger partial charge in [0.15, 0.2) is 5.82 Å². The Kier molecular flexibility index (Phi) is 6.54. The minimum Gasteiger partial charge on any atom is -0.338 e. The van der Waals surface area contributed by atoms with Crippen LogP contribution in [0.5, 0.6) is 0 Å². The molecule has 0 aliphatic rings. The number of aromatic amines is 1. The standard InChI is InChI=1S/C34H24Cl3N5/c1-22-19-23(17-18-38-22)31-27-20-28-29(40-32(39-28)34(35,36)37)21-30(27)42(41-31)33(24-11-5-2-6-12-24,25-13-7-3-8-14-25)26-15-9-4-10-16-26/h2-21H,1H3,(H,39,40). The molecule has 42 heavy (non-hydrogen) atoms. The zero-order valence-electron chi connectivity index (χ0n) is 22.5. The fraction of sp³-hybridized carbons (Fsp3) is 0.0882. The third kappa shape index (κ3) is 4.36. The molecule has 3 heterocycles. The number of pyridine rings is 1. The highest BCUT2D eigenvalue weighted by atomic mass is 35.6. The molecule has 0 fully saturated rings. The van der Waals surface area contributed by atoms with Gasteiger partial charge in [0.1, 0.15) is 11.2 Å². The highest BCUT2D eigenvalue weighted by Crippen LogP contribution is 2.45. The van der Waals surface area contributed by atoms with E-state index in [0.29, 0.717) is 5.52 Å². The number of hydrogen-bond acceptors (Lipinski definition) is 3. The number of alkyl halides is 3. The summed E-state index contributed by atoms with van der Waals surface area (Å²) < 4.78 is 0.437. The van der Waals surface area contributed by atoms with E-state index in [1.165, 1.54) is 0 Å². The largest absolute Gasteiger partial charge is 0.338 e.